The topological polar surface area (TPSA) is 119 Å². The van der Waals surface area contributed by atoms with Crippen LogP contribution >= 0.6 is 0 Å². The molecule has 9 heteroatoms. The van der Waals surface area contributed by atoms with Crippen LogP contribution in [0.4, 0.5) is 5.69 Å². The Labute approximate surface area is 138 Å². The van der Waals surface area contributed by atoms with E-state index in [0.717, 1.165) is 30.1 Å². The summed E-state index contributed by atoms with van der Waals surface area (Å²) in [6.45, 7) is 1.93. The monoisotopic (exact) mass is 349 g/mol. The molecule has 126 valence electrons. The summed E-state index contributed by atoms with van der Waals surface area (Å²) in [5.41, 5.74) is 0.850. The number of hydrogen-bond acceptors (Lipinski definition) is 6. The number of aromatic nitrogens is 1. The third-order valence-electron chi connectivity index (χ3n) is 3.17. The molecule has 24 heavy (non-hydrogen) atoms. The summed E-state index contributed by atoms with van der Waals surface area (Å²) in [6, 6.07) is 8.40. The summed E-state index contributed by atoms with van der Waals surface area (Å²) >= 11 is 0. The predicted molar refractivity (Wildman–Crippen MR) is 86.4 cm³/mol. The minimum Gasteiger partial charge on any atom is -0.346 e. The van der Waals surface area contributed by atoms with E-state index in [-0.39, 0.29) is 17.0 Å². The first-order valence-corrected chi connectivity index (χ1v) is 8.76. The van der Waals surface area contributed by atoms with Gasteiger partial charge in [0.25, 0.3) is 11.6 Å². The first-order chi connectivity index (χ1) is 11.2. The van der Waals surface area contributed by atoms with Crippen molar-refractivity contribution >= 4 is 21.4 Å². The molecular weight excluding hydrogens is 334 g/mol. The maximum Gasteiger partial charge on any atom is 0.271 e. The number of carbonyl (C=O) groups excluding carboxylic acids is 1. The van der Waals surface area contributed by atoms with Crippen molar-refractivity contribution in [1.29, 1.82) is 0 Å². The van der Waals surface area contributed by atoms with Gasteiger partial charge in [0, 0.05) is 29.6 Å². The van der Waals surface area contributed by atoms with Gasteiger partial charge in [-0.1, -0.05) is 6.07 Å². The molecule has 0 saturated carbocycles. The third kappa shape index (κ3) is 4.35. The van der Waals surface area contributed by atoms with Crippen molar-refractivity contribution in [3.63, 3.8) is 0 Å². The van der Waals surface area contributed by atoms with Crippen molar-refractivity contribution in [1.82, 2.24) is 10.3 Å². The maximum absolute atomic E-state index is 12.2. The van der Waals surface area contributed by atoms with E-state index in [0.29, 0.717) is 5.69 Å². The lowest BCUT2D eigenvalue weighted by molar-refractivity contribution is -0.385. The first kappa shape index (κ1) is 17.5. The number of non-ortho nitro benzene ring substituents is 1. The highest BCUT2D eigenvalue weighted by Crippen LogP contribution is 2.21. The lowest BCUT2D eigenvalue weighted by Crippen LogP contribution is -2.23. The molecule has 0 saturated heterocycles. The molecule has 2 rings (SSSR count). The van der Waals surface area contributed by atoms with Gasteiger partial charge >= 0.3 is 0 Å². The van der Waals surface area contributed by atoms with Gasteiger partial charge in [0.05, 0.1) is 22.1 Å². The molecule has 0 aliphatic carbocycles. The average molecular weight is 349 g/mol. The molecule has 0 bridgehead atoms. The Morgan fingerprint density at radius 3 is 2.58 bits per heavy atom. The molecule has 0 radical (unpaired) electrons. The third-order valence-corrected chi connectivity index (χ3v) is 4.26. The molecule has 1 aromatic heterocycles. The van der Waals surface area contributed by atoms with Crippen molar-refractivity contribution in [3.05, 3.63) is 63.5 Å². The molecule has 2 aromatic rings. The lowest BCUT2D eigenvalue weighted by Gasteiger charge is -2.07. The molecule has 0 aliphatic heterocycles. The van der Waals surface area contributed by atoms with E-state index in [9.17, 15) is 23.3 Å². The lowest BCUT2D eigenvalue weighted by atomic mass is 10.2. The fraction of sp³-hybridized carbons (Fsp3) is 0.200. The van der Waals surface area contributed by atoms with E-state index in [4.69, 9.17) is 0 Å². The minimum absolute atomic E-state index is 0.0997. The average Bonchev–Trinajstić information content (AvgIpc) is 2.51. The van der Waals surface area contributed by atoms with Crippen LogP contribution < -0.4 is 5.32 Å². The van der Waals surface area contributed by atoms with Crippen LogP contribution in [0.25, 0.3) is 0 Å². The van der Waals surface area contributed by atoms with Crippen LogP contribution in [0.3, 0.4) is 0 Å². The summed E-state index contributed by atoms with van der Waals surface area (Å²) in [6.07, 6.45) is 0.921. The molecular formula is C15H15N3O5S. The SMILES string of the molecule is Cc1cccc(CNC(=O)c2cc([N+](=O)[O-])cc(S(C)(=O)=O)c2)n1. The molecule has 0 atom stereocenters. The Kier molecular flexibility index (Phi) is 4.93. The molecule has 0 unspecified atom stereocenters. The summed E-state index contributed by atoms with van der Waals surface area (Å²) in [4.78, 5) is 26.3. The summed E-state index contributed by atoms with van der Waals surface area (Å²) in [5, 5.41) is 13.5. The van der Waals surface area contributed by atoms with Crippen LogP contribution in [0, 0.1) is 17.0 Å². The number of benzene rings is 1. The number of aryl methyl sites for hydroxylation is 1. The molecule has 1 N–H and O–H groups in total. The summed E-state index contributed by atoms with van der Waals surface area (Å²) in [5.74, 6) is -0.619. The number of nitro groups is 1. The summed E-state index contributed by atoms with van der Waals surface area (Å²) < 4.78 is 23.3. The van der Waals surface area contributed by atoms with Crippen molar-refractivity contribution < 1.29 is 18.1 Å². The standard InChI is InChI=1S/C15H15N3O5S/c1-10-4-3-5-12(17-10)9-16-15(19)11-6-13(18(20)21)8-14(7-11)24(2,22)23/h3-8H,9H2,1-2H3,(H,16,19). The second-order valence-electron chi connectivity index (χ2n) is 5.20. The zero-order chi connectivity index (χ0) is 17.9. The molecule has 0 spiro atoms. The van der Waals surface area contributed by atoms with Gasteiger partial charge in [-0.3, -0.25) is 19.9 Å². The van der Waals surface area contributed by atoms with E-state index in [1.807, 2.05) is 13.0 Å². The number of rotatable bonds is 5. The van der Waals surface area contributed by atoms with E-state index < -0.39 is 26.4 Å². The predicted octanol–water partition coefficient (Wildman–Crippen LogP) is 1.63. The van der Waals surface area contributed by atoms with Crippen LogP contribution in [-0.4, -0.2) is 30.5 Å². The molecule has 1 heterocycles. The number of amides is 1. The van der Waals surface area contributed by atoms with E-state index in [1.54, 1.807) is 12.1 Å². The zero-order valence-electron chi connectivity index (χ0n) is 13.0. The zero-order valence-corrected chi connectivity index (χ0v) is 13.8. The number of hydrogen-bond donors (Lipinski definition) is 1. The number of carbonyl (C=O) groups is 1. The van der Waals surface area contributed by atoms with Crippen molar-refractivity contribution in [2.75, 3.05) is 6.26 Å². The second kappa shape index (κ2) is 6.75. The van der Waals surface area contributed by atoms with Gasteiger partial charge in [0.1, 0.15) is 0 Å². The number of nitro benzene ring substituents is 1. The normalized spacial score (nSPS) is 11.1. The smallest absolute Gasteiger partial charge is 0.271 e. The van der Waals surface area contributed by atoms with Crippen LogP contribution in [0.2, 0.25) is 0 Å². The fourth-order valence-corrected chi connectivity index (χ4v) is 2.68. The van der Waals surface area contributed by atoms with Crippen LogP contribution in [0.1, 0.15) is 21.7 Å². The van der Waals surface area contributed by atoms with Gasteiger partial charge in [0.15, 0.2) is 9.84 Å². The van der Waals surface area contributed by atoms with Crippen LogP contribution in [-0.2, 0) is 16.4 Å². The van der Waals surface area contributed by atoms with Crippen molar-refractivity contribution in [3.8, 4) is 0 Å². The van der Waals surface area contributed by atoms with Gasteiger partial charge < -0.3 is 5.32 Å². The second-order valence-corrected chi connectivity index (χ2v) is 7.21. The maximum atomic E-state index is 12.2. The van der Waals surface area contributed by atoms with E-state index >= 15 is 0 Å². The Hall–Kier alpha value is -2.81. The largest absolute Gasteiger partial charge is 0.346 e. The van der Waals surface area contributed by atoms with Crippen LogP contribution in [0.15, 0.2) is 41.3 Å². The minimum atomic E-state index is -3.68. The quantitative estimate of drug-likeness (QED) is 0.647. The molecule has 1 aromatic carbocycles. The highest BCUT2D eigenvalue weighted by molar-refractivity contribution is 7.90. The Morgan fingerprint density at radius 1 is 1.29 bits per heavy atom. The summed E-state index contributed by atoms with van der Waals surface area (Å²) in [7, 11) is -3.68. The van der Waals surface area contributed by atoms with Crippen molar-refractivity contribution in [2.24, 2.45) is 0 Å². The first-order valence-electron chi connectivity index (χ1n) is 6.87. The van der Waals surface area contributed by atoms with Crippen molar-refractivity contribution in [2.45, 2.75) is 18.4 Å². The molecule has 8 nitrogen and oxygen atoms in total. The van der Waals surface area contributed by atoms with Gasteiger partial charge in [-0.15, -0.1) is 0 Å². The van der Waals surface area contributed by atoms with Gasteiger partial charge in [-0.05, 0) is 25.1 Å². The van der Waals surface area contributed by atoms with Gasteiger partial charge in [0.2, 0.25) is 0 Å². The van der Waals surface area contributed by atoms with E-state index in [1.165, 1.54) is 0 Å². The molecule has 0 fully saturated rings. The Balaban J connectivity index is 2.28. The number of pyridine rings is 1. The van der Waals surface area contributed by atoms with Gasteiger partial charge in [-0.2, -0.15) is 0 Å². The molecule has 1 amide bonds. The number of nitrogens with zero attached hydrogens (tertiary/aromatic N) is 2. The fourth-order valence-electron chi connectivity index (χ4n) is 2.00. The highest BCUT2D eigenvalue weighted by Gasteiger charge is 2.19. The number of sulfone groups is 1. The Bertz CT molecular complexity index is 909. The van der Waals surface area contributed by atoms with Gasteiger partial charge in [-0.25, -0.2) is 8.42 Å². The van der Waals surface area contributed by atoms with E-state index in [2.05, 4.69) is 10.3 Å². The van der Waals surface area contributed by atoms with Crippen LogP contribution in [0.5, 0.6) is 0 Å². The highest BCUT2D eigenvalue weighted by atomic mass is 32.2. The Morgan fingerprint density at radius 2 is 2.00 bits per heavy atom. The molecule has 0 aliphatic rings. The number of nitrogens with one attached hydrogen (secondary N) is 1.